The van der Waals surface area contributed by atoms with Crippen LogP contribution in [-0.4, -0.2) is 21.2 Å². The van der Waals surface area contributed by atoms with E-state index < -0.39 is 0 Å². The molecule has 4 fully saturated rings. The quantitative estimate of drug-likeness (QED) is 0.495. The molecule has 4 aliphatic carbocycles. The van der Waals surface area contributed by atoms with Gasteiger partial charge >= 0.3 is 0 Å². The summed E-state index contributed by atoms with van der Waals surface area (Å²) >= 11 is 0. The van der Waals surface area contributed by atoms with Crippen LogP contribution in [0.25, 0.3) is 11.0 Å². The minimum Gasteiger partial charge on any atom is -0.393 e. The van der Waals surface area contributed by atoms with Crippen LogP contribution in [0.3, 0.4) is 0 Å². The number of aromatic nitrogens is 2. The van der Waals surface area contributed by atoms with E-state index in [4.69, 9.17) is 4.98 Å². The van der Waals surface area contributed by atoms with E-state index in [1.54, 1.807) is 0 Å². The van der Waals surface area contributed by atoms with Gasteiger partial charge in [-0.3, -0.25) is 0 Å². The van der Waals surface area contributed by atoms with E-state index >= 15 is 0 Å². The summed E-state index contributed by atoms with van der Waals surface area (Å²) in [6, 6.07) is 6.53. The molecule has 0 amide bonds. The average molecular weight is 463 g/mol. The maximum atomic E-state index is 10.3. The highest BCUT2D eigenvalue weighted by Gasteiger charge is 2.60. The monoisotopic (exact) mass is 462 g/mol. The Kier molecular flexibility index (Phi) is 5.67. The van der Waals surface area contributed by atoms with Gasteiger partial charge in [-0.25, -0.2) is 4.98 Å². The fraction of sp³-hybridized carbons (Fsp3) is 0.774. The number of rotatable bonds is 4. The molecule has 6 rings (SSSR count). The zero-order chi connectivity index (χ0) is 23.7. The summed E-state index contributed by atoms with van der Waals surface area (Å²) in [6.07, 6.45) is 14.2. The summed E-state index contributed by atoms with van der Waals surface area (Å²) in [5.41, 5.74) is 4.62. The number of nitrogens with zero attached hydrogens (tertiary/aromatic N) is 1. The summed E-state index contributed by atoms with van der Waals surface area (Å²) in [4.78, 5) is 8.47. The zero-order valence-electron chi connectivity index (χ0n) is 21.9. The summed E-state index contributed by atoms with van der Waals surface area (Å²) in [5, 5.41) is 10.3. The first-order valence-electron chi connectivity index (χ1n) is 14.4. The van der Waals surface area contributed by atoms with Gasteiger partial charge in [-0.2, -0.15) is 0 Å². The third kappa shape index (κ3) is 3.59. The van der Waals surface area contributed by atoms with Gasteiger partial charge in [0.05, 0.1) is 17.1 Å². The molecule has 2 aromatic rings. The highest BCUT2D eigenvalue weighted by Crippen LogP contribution is 2.68. The lowest BCUT2D eigenvalue weighted by molar-refractivity contribution is -0.129. The molecule has 1 aromatic carbocycles. The highest BCUT2D eigenvalue weighted by molar-refractivity contribution is 5.75. The van der Waals surface area contributed by atoms with E-state index in [2.05, 4.69) is 50.9 Å². The molecule has 2 N–H and O–H groups in total. The highest BCUT2D eigenvalue weighted by atomic mass is 16.3. The molecule has 0 radical (unpaired) electrons. The molecule has 1 aromatic heterocycles. The lowest BCUT2D eigenvalue weighted by Gasteiger charge is -2.61. The Morgan fingerprint density at radius 2 is 1.82 bits per heavy atom. The lowest BCUT2D eigenvalue weighted by atomic mass is 9.44. The summed E-state index contributed by atoms with van der Waals surface area (Å²) in [5.74, 6) is 6.34. The predicted octanol–water partition coefficient (Wildman–Crippen LogP) is 7.46. The molecule has 0 saturated heterocycles. The van der Waals surface area contributed by atoms with Crippen molar-refractivity contribution in [3.05, 3.63) is 29.6 Å². The van der Waals surface area contributed by atoms with Crippen LogP contribution in [0.1, 0.15) is 96.4 Å². The van der Waals surface area contributed by atoms with Crippen molar-refractivity contribution in [2.45, 2.75) is 104 Å². The van der Waals surface area contributed by atoms with Gasteiger partial charge in [0.1, 0.15) is 5.82 Å². The van der Waals surface area contributed by atoms with E-state index in [0.717, 1.165) is 60.3 Å². The number of nitrogens with one attached hydrogen (secondary N) is 1. The van der Waals surface area contributed by atoms with Gasteiger partial charge < -0.3 is 10.1 Å². The van der Waals surface area contributed by atoms with E-state index in [9.17, 15) is 5.11 Å². The first-order valence-corrected chi connectivity index (χ1v) is 14.4. The number of aliphatic hydroxyl groups excluding tert-OH is 1. The van der Waals surface area contributed by atoms with Crippen LogP contribution in [-0.2, 0) is 6.42 Å². The Bertz CT molecular complexity index is 1040. The van der Waals surface area contributed by atoms with Gasteiger partial charge in [0.2, 0.25) is 0 Å². The second-order valence-corrected chi connectivity index (χ2v) is 13.5. The summed E-state index contributed by atoms with van der Waals surface area (Å²) in [6.45, 7) is 9.99. The number of H-pyrrole nitrogens is 1. The van der Waals surface area contributed by atoms with Gasteiger partial charge in [0, 0.05) is 6.42 Å². The van der Waals surface area contributed by atoms with E-state index in [1.165, 1.54) is 68.3 Å². The Labute approximate surface area is 206 Å². The third-order valence-corrected chi connectivity index (χ3v) is 11.9. The topological polar surface area (TPSA) is 48.9 Å². The van der Waals surface area contributed by atoms with Crippen LogP contribution in [0.5, 0.6) is 0 Å². The van der Waals surface area contributed by atoms with Crippen molar-refractivity contribution < 1.29 is 5.11 Å². The molecule has 4 aliphatic rings. The van der Waals surface area contributed by atoms with E-state index in [0.29, 0.717) is 10.8 Å². The molecule has 0 aliphatic heterocycles. The molecule has 34 heavy (non-hydrogen) atoms. The predicted molar refractivity (Wildman–Crippen MR) is 140 cm³/mol. The van der Waals surface area contributed by atoms with Crippen molar-refractivity contribution >= 4 is 11.0 Å². The van der Waals surface area contributed by atoms with Crippen LogP contribution in [0, 0.1) is 53.3 Å². The minimum atomic E-state index is -0.0315. The molecule has 3 nitrogen and oxygen atoms in total. The SMILES string of the molecule is Cc1ccc2nc(CC[C@H](C)[C@@H]3CC[C@@H]4[C@H]5CC[C@H]6C[C@@H](O)CC[C@]6(C)[C@@H]5CC[C@]43C)[nH]c2c1. The number of aliphatic hydroxyl groups is 1. The van der Waals surface area contributed by atoms with Gasteiger partial charge in [0.25, 0.3) is 0 Å². The maximum Gasteiger partial charge on any atom is 0.107 e. The largest absolute Gasteiger partial charge is 0.393 e. The van der Waals surface area contributed by atoms with Gasteiger partial charge in [-0.15, -0.1) is 0 Å². The normalized spacial score (nSPS) is 42.7. The molecule has 1 heterocycles. The second-order valence-electron chi connectivity index (χ2n) is 13.5. The van der Waals surface area contributed by atoms with E-state index in [1.807, 2.05) is 0 Å². The second kappa shape index (κ2) is 8.36. The number of aromatic amines is 1. The number of fused-ring (bicyclic) bond motifs is 6. The van der Waals surface area contributed by atoms with Crippen LogP contribution < -0.4 is 0 Å². The molecule has 0 unspecified atom stereocenters. The maximum absolute atomic E-state index is 10.3. The average Bonchev–Trinajstić information content (AvgIpc) is 3.37. The molecule has 0 spiro atoms. The number of hydrogen-bond acceptors (Lipinski definition) is 2. The van der Waals surface area contributed by atoms with Crippen molar-refractivity contribution in [1.82, 2.24) is 9.97 Å². The number of benzene rings is 1. The summed E-state index contributed by atoms with van der Waals surface area (Å²) < 4.78 is 0. The van der Waals surface area contributed by atoms with Crippen LogP contribution in [0.15, 0.2) is 18.2 Å². The molecule has 3 heteroatoms. The van der Waals surface area contributed by atoms with Crippen LogP contribution >= 0.6 is 0 Å². The van der Waals surface area contributed by atoms with Crippen molar-refractivity contribution in [2.24, 2.45) is 46.3 Å². The van der Waals surface area contributed by atoms with Crippen molar-refractivity contribution in [1.29, 1.82) is 0 Å². The molecular weight excluding hydrogens is 416 g/mol. The summed E-state index contributed by atoms with van der Waals surface area (Å²) in [7, 11) is 0. The van der Waals surface area contributed by atoms with E-state index in [-0.39, 0.29) is 6.10 Å². The third-order valence-electron chi connectivity index (χ3n) is 11.9. The zero-order valence-corrected chi connectivity index (χ0v) is 21.9. The standard InChI is InChI=1S/C31H46N2O/c1-19-5-11-27-28(17-19)33-29(32-27)12-6-20(2)24-9-10-25-23-8-7-21-18-22(34)13-15-30(21,3)26(23)14-16-31(24,25)4/h5,11,17,20-26,34H,6-10,12-16,18H2,1-4H3,(H,32,33)/t20-,21-,22-,23+,24-,25+,26+,30-,31-/m0/s1. The number of hydrogen-bond donors (Lipinski definition) is 2. The number of imidazole rings is 1. The number of aryl methyl sites for hydroxylation is 2. The fourth-order valence-corrected chi connectivity index (χ4v) is 10.1. The fourth-order valence-electron chi connectivity index (χ4n) is 10.1. The molecular formula is C31H46N2O. The van der Waals surface area contributed by atoms with Crippen LogP contribution in [0.4, 0.5) is 0 Å². The Balaban J connectivity index is 1.15. The Morgan fingerprint density at radius 1 is 1.03 bits per heavy atom. The Hall–Kier alpha value is -1.35. The first kappa shape index (κ1) is 23.1. The lowest BCUT2D eigenvalue weighted by Crippen LogP contribution is -2.54. The minimum absolute atomic E-state index is 0.0315. The van der Waals surface area contributed by atoms with Crippen LogP contribution in [0.2, 0.25) is 0 Å². The van der Waals surface area contributed by atoms with Gasteiger partial charge in [-0.05, 0) is 135 Å². The molecule has 9 atom stereocenters. The molecule has 186 valence electrons. The van der Waals surface area contributed by atoms with Crippen molar-refractivity contribution in [3.8, 4) is 0 Å². The Morgan fingerprint density at radius 3 is 2.68 bits per heavy atom. The van der Waals surface area contributed by atoms with Gasteiger partial charge in [-0.1, -0.05) is 26.8 Å². The smallest absolute Gasteiger partial charge is 0.107 e. The molecule has 4 saturated carbocycles. The molecule has 0 bridgehead atoms. The first-order chi connectivity index (χ1) is 16.3. The van der Waals surface area contributed by atoms with Crippen molar-refractivity contribution in [3.63, 3.8) is 0 Å². The van der Waals surface area contributed by atoms with Crippen molar-refractivity contribution in [2.75, 3.05) is 0 Å². The van der Waals surface area contributed by atoms with Gasteiger partial charge in [0.15, 0.2) is 0 Å².